The Morgan fingerprint density at radius 1 is 1.12 bits per heavy atom. The van der Waals surface area contributed by atoms with Gasteiger partial charge in [-0.1, -0.05) is 0 Å². The number of ether oxygens (including phenoxy) is 1. The average Bonchev–Trinajstić information content (AvgIpc) is 2.58. The fourth-order valence-corrected chi connectivity index (χ4v) is 2.74. The van der Waals surface area contributed by atoms with Crippen LogP contribution in [0.4, 0.5) is 16.2 Å². The second-order valence-electron chi connectivity index (χ2n) is 7.60. The Labute approximate surface area is 155 Å². The van der Waals surface area contributed by atoms with Crippen LogP contribution in [0, 0.1) is 0 Å². The highest BCUT2D eigenvalue weighted by atomic mass is 16.6. The zero-order chi connectivity index (χ0) is 19.3. The van der Waals surface area contributed by atoms with Gasteiger partial charge in [0.1, 0.15) is 5.60 Å². The van der Waals surface area contributed by atoms with Crippen molar-refractivity contribution in [3.8, 4) is 0 Å². The van der Waals surface area contributed by atoms with E-state index in [9.17, 15) is 9.59 Å². The molecule has 0 radical (unpaired) electrons. The molecule has 0 bridgehead atoms. The maximum Gasteiger partial charge on any atom is 0.410 e. The van der Waals surface area contributed by atoms with Gasteiger partial charge in [0.15, 0.2) is 0 Å². The molecule has 1 aliphatic heterocycles. The van der Waals surface area contributed by atoms with Crippen molar-refractivity contribution in [2.45, 2.75) is 32.8 Å². The lowest BCUT2D eigenvalue weighted by Crippen LogP contribution is -2.50. The summed E-state index contributed by atoms with van der Waals surface area (Å²) in [4.78, 5) is 30.0. The van der Waals surface area contributed by atoms with Gasteiger partial charge >= 0.3 is 6.09 Å². The van der Waals surface area contributed by atoms with E-state index in [1.54, 1.807) is 29.0 Å². The van der Waals surface area contributed by atoms with Gasteiger partial charge in [-0.3, -0.25) is 9.69 Å². The van der Waals surface area contributed by atoms with Crippen molar-refractivity contribution in [1.29, 1.82) is 0 Å². The second kappa shape index (κ2) is 8.40. The van der Waals surface area contributed by atoms with Crippen LogP contribution in [0.5, 0.6) is 0 Å². The summed E-state index contributed by atoms with van der Waals surface area (Å²) in [5.41, 5.74) is 6.71. The van der Waals surface area contributed by atoms with Crippen LogP contribution in [0.1, 0.15) is 27.2 Å². The first-order valence-electron chi connectivity index (χ1n) is 8.98. The normalized spacial score (nSPS) is 15.6. The fourth-order valence-electron chi connectivity index (χ4n) is 2.74. The van der Waals surface area contributed by atoms with Crippen LogP contribution in [0.15, 0.2) is 24.3 Å². The summed E-state index contributed by atoms with van der Waals surface area (Å²) in [6.45, 7) is 9.02. The molecule has 1 aromatic rings. The molecule has 0 atom stereocenters. The molecule has 1 aliphatic rings. The summed E-state index contributed by atoms with van der Waals surface area (Å²) < 4.78 is 5.40. The fraction of sp³-hybridized carbons (Fsp3) is 0.579. The number of hydrogen-bond donors (Lipinski definition) is 1. The van der Waals surface area contributed by atoms with Crippen LogP contribution in [0.2, 0.25) is 0 Å². The van der Waals surface area contributed by atoms with E-state index >= 15 is 0 Å². The zero-order valence-corrected chi connectivity index (χ0v) is 16.2. The van der Waals surface area contributed by atoms with Gasteiger partial charge in [-0.25, -0.2) is 4.79 Å². The molecule has 1 fully saturated rings. The molecule has 1 heterocycles. The molecule has 2 N–H and O–H groups in total. The third-order valence-corrected chi connectivity index (χ3v) is 4.32. The highest BCUT2D eigenvalue weighted by Crippen LogP contribution is 2.16. The van der Waals surface area contributed by atoms with E-state index in [1.807, 2.05) is 32.9 Å². The van der Waals surface area contributed by atoms with Crippen LogP contribution >= 0.6 is 0 Å². The van der Waals surface area contributed by atoms with Crippen LogP contribution in [0.3, 0.4) is 0 Å². The Kier molecular flexibility index (Phi) is 6.47. The highest BCUT2D eigenvalue weighted by Gasteiger charge is 2.26. The van der Waals surface area contributed by atoms with E-state index in [-0.39, 0.29) is 12.0 Å². The molecule has 0 aromatic heterocycles. The number of nitrogens with two attached hydrogens (primary N) is 1. The van der Waals surface area contributed by atoms with E-state index in [2.05, 4.69) is 4.90 Å². The molecule has 7 nitrogen and oxygen atoms in total. The lowest BCUT2D eigenvalue weighted by Gasteiger charge is -2.35. The molecule has 0 unspecified atom stereocenters. The topological polar surface area (TPSA) is 79.1 Å². The number of benzene rings is 1. The van der Waals surface area contributed by atoms with Crippen molar-refractivity contribution in [1.82, 2.24) is 9.80 Å². The van der Waals surface area contributed by atoms with E-state index in [0.29, 0.717) is 31.7 Å². The van der Waals surface area contributed by atoms with Crippen molar-refractivity contribution in [3.63, 3.8) is 0 Å². The molecule has 1 saturated heterocycles. The molecule has 7 heteroatoms. The van der Waals surface area contributed by atoms with E-state index in [1.165, 1.54) is 0 Å². The van der Waals surface area contributed by atoms with Gasteiger partial charge in [0.2, 0.25) is 5.91 Å². The summed E-state index contributed by atoms with van der Waals surface area (Å²) in [6.07, 6.45) is 0.171. The number of piperazine rings is 1. The third-order valence-electron chi connectivity index (χ3n) is 4.32. The Morgan fingerprint density at radius 2 is 1.69 bits per heavy atom. The third kappa shape index (κ3) is 5.91. The number of anilines is 2. The summed E-state index contributed by atoms with van der Waals surface area (Å²) in [5.74, 6) is 0.0596. The Bertz CT molecular complexity index is 617. The first-order valence-corrected chi connectivity index (χ1v) is 8.98. The van der Waals surface area contributed by atoms with Crippen LogP contribution in [-0.4, -0.2) is 67.2 Å². The number of rotatable bonds is 4. The number of nitrogen functional groups attached to an aromatic ring is 1. The summed E-state index contributed by atoms with van der Waals surface area (Å²) in [7, 11) is 1.77. The Hall–Kier alpha value is -2.28. The second-order valence-corrected chi connectivity index (χ2v) is 7.60. The van der Waals surface area contributed by atoms with E-state index < -0.39 is 5.60 Å². The molecular weight excluding hydrogens is 332 g/mol. The number of carbonyl (C=O) groups excluding carboxylic acids is 2. The number of hydrogen-bond acceptors (Lipinski definition) is 5. The molecule has 2 amide bonds. The minimum Gasteiger partial charge on any atom is -0.444 e. The zero-order valence-electron chi connectivity index (χ0n) is 16.2. The predicted molar refractivity (Wildman–Crippen MR) is 103 cm³/mol. The molecule has 2 rings (SSSR count). The molecule has 144 valence electrons. The SMILES string of the molecule is CN(C(=O)CCN1CCN(C(=O)OC(C)(C)C)CC1)c1ccc(N)cc1. The molecule has 26 heavy (non-hydrogen) atoms. The maximum absolute atomic E-state index is 12.4. The standard InChI is InChI=1S/C19H30N4O3/c1-19(2,3)26-18(25)23-13-11-22(12-14-23)10-9-17(24)21(4)16-7-5-15(20)6-8-16/h5-8H,9-14,20H2,1-4H3. The molecule has 1 aromatic carbocycles. The monoisotopic (exact) mass is 362 g/mol. The van der Waals surface area contributed by atoms with Crippen molar-refractivity contribution in [3.05, 3.63) is 24.3 Å². The molecule has 0 spiro atoms. The van der Waals surface area contributed by atoms with Gasteiger partial charge in [0, 0.05) is 57.6 Å². The van der Waals surface area contributed by atoms with Crippen LogP contribution in [0.25, 0.3) is 0 Å². The smallest absolute Gasteiger partial charge is 0.410 e. The van der Waals surface area contributed by atoms with E-state index in [4.69, 9.17) is 10.5 Å². The van der Waals surface area contributed by atoms with Gasteiger partial charge in [-0.2, -0.15) is 0 Å². The quantitative estimate of drug-likeness (QED) is 0.831. The minimum absolute atomic E-state index is 0.0596. The Morgan fingerprint density at radius 3 is 2.23 bits per heavy atom. The molecule has 0 saturated carbocycles. The first kappa shape index (κ1) is 20.0. The van der Waals surface area contributed by atoms with Gasteiger partial charge in [-0.05, 0) is 45.0 Å². The average molecular weight is 362 g/mol. The van der Waals surface area contributed by atoms with Crippen LogP contribution < -0.4 is 10.6 Å². The first-order chi connectivity index (χ1) is 12.2. The van der Waals surface area contributed by atoms with Gasteiger partial charge in [0.25, 0.3) is 0 Å². The summed E-state index contributed by atoms with van der Waals surface area (Å²) >= 11 is 0. The highest BCUT2D eigenvalue weighted by molar-refractivity contribution is 5.93. The van der Waals surface area contributed by atoms with Crippen molar-refractivity contribution >= 4 is 23.4 Å². The van der Waals surface area contributed by atoms with Crippen LogP contribution in [-0.2, 0) is 9.53 Å². The van der Waals surface area contributed by atoms with Gasteiger partial charge in [-0.15, -0.1) is 0 Å². The van der Waals surface area contributed by atoms with Crippen molar-refractivity contribution < 1.29 is 14.3 Å². The van der Waals surface area contributed by atoms with Gasteiger partial charge < -0.3 is 20.3 Å². The lowest BCUT2D eigenvalue weighted by atomic mass is 10.2. The maximum atomic E-state index is 12.4. The number of amides is 2. The van der Waals surface area contributed by atoms with Crippen molar-refractivity contribution in [2.75, 3.05) is 50.4 Å². The lowest BCUT2D eigenvalue weighted by molar-refractivity contribution is -0.118. The predicted octanol–water partition coefficient (Wildman–Crippen LogP) is 2.17. The van der Waals surface area contributed by atoms with Gasteiger partial charge in [0.05, 0.1) is 0 Å². The molecule has 0 aliphatic carbocycles. The van der Waals surface area contributed by atoms with Crippen molar-refractivity contribution in [2.24, 2.45) is 0 Å². The largest absolute Gasteiger partial charge is 0.444 e. The summed E-state index contributed by atoms with van der Waals surface area (Å²) in [6, 6.07) is 7.25. The Balaban J connectivity index is 1.75. The number of nitrogens with zero attached hydrogens (tertiary/aromatic N) is 3. The van der Waals surface area contributed by atoms with E-state index in [0.717, 1.165) is 18.8 Å². The number of carbonyl (C=O) groups is 2. The molecular formula is C19H30N4O3. The minimum atomic E-state index is -0.479. The summed E-state index contributed by atoms with van der Waals surface area (Å²) in [5, 5.41) is 0.